The minimum Gasteiger partial charge on any atom is -0.452 e. The number of hydrogen-bond donors (Lipinski definition) is 1. The number of nitro groups is 1. The summed E-state index contributed by atoms with van der Waals surface area (Å²) in [6, 6.07) is 11.2. The van der Waals surface area contributed by atoms with Crippen molar-refractivity contribution in [1.29, 1.82) is 0 Å². The number of carbonyl (C=O) groups is 2. The summed E-state index contributed by atoms with van der Waals surface area (Å²) in [5.41, 5.74) is 0.245. The van der Waals surface area contributed by atoms with E-state index in [1.54, 1.807) is 12.1 Å². The van der Waals surface area contributed by atoms with Crippen LogP contribution in [0, 0.1) is 15.9 Å². The highest BCUT2D eigenvalue weighted by Crippen LogP contribution is 2.18. The van der Waals surface area contributed by atoms with Crippen molar-refractivity contribution >= 4 is 17.6 Å². The van der Waals surface area contributed by atoms with Crippen LogP contribution in [0.15, 0.2) is 48.5 Å². The van der Waals surface area contributed by atoms with E-state index >= 15 is 0 Å². The molecular formula is C17H15FN2O5. The minimum atomic E-state index is -0.944. The highest BCUT2D eigenvalue weighted by atomic mass is 19.1. The number of esters is 1. The number of amides is 1. The SMILES string of the molecule is O=C(COC(=O)c1ccccc1[N+](=O)[O-])NCCc1ccc(F)cc1. The van der Waals surface area contributed by atoms with Gasteiger partial charge in [0.1, 0.15) is 11.4 Å². The van der Waals surface area contributed by atoms with Gasteiger partial charge in [-0.05, 0) is 30.2 Å². The molecule has 0 atom stereocenters. The van der Waals surface area contributed by atoms with Crippen LogP contribution in [0.1, 0.15) is 15.9 Å². The molecule has 25 heavy (non-hydrogen) atoms. The van der Waals surface area contributed by atoms with Crippen molar-refractivity contribution in [2.75, 3.05) is 13.2 Å². The lowest BCUT2D eigenvalue weighted by Gasteiger charge is -2.07. The Labute approximate surface area is 142 Å². The van der Waals surface area contributed by atoms with Crippen LogP contribution < -0.4 is 5.32 Å². The van der Waals surface area contributed by atoms with Crippen LogP contribution in [-0.2, 0) is 16.0 Å². The fourth-order valence-electron chi connectivity index (χ4n) is 2.06. The molecule has 2 rings (SSSR count). The van der Waals surface area contributed by atoms with E-state index in [0.29, 0.717) is 6.42 Å². The van der Waals surface area contributed by atoms with E-state index in [-0.39, 0.29) is 23.6 Å². The maximum atomic E-state index is 12.8. The van der Waals surface area contributed by atoms with E-state index in [2.05, 4.69) is 5.32 Å². The minimum absolute atomic E-state index is 0.216. The highest BCUT2D eigenvalue weighted by molar-refractivity contribution is 5.95. The molecule has 0 heterocycles. The molecule has 8 heteroatoms. The average Bonchev–Trinajstić information content (AvgIpc) is 2.61. The Morgan fingerprint density at radius 1 is 1.12 bits per heavy atom. The number of nitro benzene ring substituents is 1. The highest BCUT2D eigenvalue weighted by Gasteiger charge is 2.21. The molecule has 2 aromatic rings. The first kappa shape index (κ1) is 18.1. The number of ether oxygens (including phenoxy) is 1. The third kappa shape index (κ3) is 5.38. The molecule has 1 amide bonds. The maximum absolute atomic E-state index is 12.8. The Morgan fingerprint density at radius 3 is 2.48 bits per heavy atom. The molecule has 7 nitrogen and oxygen atoms in total. The van der Waals surface area contributed by atoms with Gasteiger partial charge in [-0.2, -0.15) is 0 Å². The van der Waals surface area contributed by atoms with Crippen LogP contribution >= 0.6 is 0 Å². The van der Waals surface area contributed by atoms with Crippen LogP contribution in [0.25, 0.3) is 0 Å². The molecule has 0 aliphatic rings. The second-order valence-corrected chi connectivity index (χ2v) is 5.08. The van der Waals surface area contributed by atoms with Gasteiger partial charge in [-0.1, -0.05) is 24.3 Å². The number of rotatable bonds is 7. The Bertz CT molecular complexity index is 777. The van der Waals surface area contributed by atoms with Gasteiger partial charge in [-0.25, -0.2) is 9.18 Å². The Morgan fingerprint density at radius 2 is 1.80 bits per heavy atom. The van der Waals surface area contributed by atoms with Crippen LogP contribution in [-0.4, -0.2) is 30.0 Å². The number of carbonyl (C=O) groups excluding carboxylic acids is 2. The molecule has 0 saturated heterocycles. The summed E-state index contributed by atoms with van der Waals surface area (Å²) in [5, 5.41) is 13.4. The molecule has 0 radical (unpaired) electrons. The van der Waals surface area contributed by atoms with Gasteiger partial charge in [-0.15, -0.1) is 0 Å². The van der Waals surface area contributed by atoms with Gasteiger partial charge in [0.15, 0.2) is 6.61 Å². The van der Waals surface area contributed by atoms with Crippen molar-refractivity contribution in [3.05, 3.63) is 75.6 Å². The van der Waals surface area contributed by atoms with Crippen molar-refractivity contribution in [2.45, 2.75) is 6.42 Å². The summed E-state index contributed by atoms with van der Waals surface area (Å²) in [6.07, 6.45) is 0.490. The van der Waals surface area contributed by atoms with Crippen molar-refractivity contribution in [1.82, 2.24) is 5.32 Å². The second-order valence-electron chi connectivity index (χ2n) is 5.08. The van der Waals surface area contributed by atoms with Gasteiger partial charge in [-0.3, -0.25) is 14.9 Å². The van der Waals surface area contributed by atoms with Gasteiger partial charge in [0, 0.05) is 12.6 Å². The van der Waals surface area contributed by atoms with Crippen molar-refractivity contribution in [3.8, 4) is 0 Å². The molecule has 0 bridgehead atoms. The van der Waals surface area contributed by atoms with Crippen LogP contribution in [0.5, 0.6) is 0 Å². The summed E-state index contributed by atoms with van der Waals surface area (Å²) in [4.78, 5) is 33.7. The zero-order valence-corrected chi connectivity index (χ0v) is 13.1. The van der Waals surface area contributed by atoms with E-state index in [4.69, 9.17) is 4.74 Å². The Balaban J connectivity index is 1.79. The molecule has 0 saturated carbocycles. The second kappa shape index (κ2) is 8.53. The molecule has 0 spiro atoms. The molecular weight excluding hydrogens is 331 g/mol. The van der Waals surface area contributed by atoms with E-state index in [1.165, 1.54) is 36.4 Å². The predicted octanol–water partition coefficient (Wildman–Crippen LogP) is 2.25. The lowest BCUT2D eigenvalue weighted by atomic mass is 10.1. The number of benzene rings is 2. The van der Waals surface area contributed by atoms with E-state index in [9.17, 15) is 24.1 Å². The van der Waals surface area contributed by atoms with Crippen LogP contribution in [0.4, 0.5) is 10.1 Å². The summed E-state index contributed by atoms with van der Waals surface area (Å²) in [5.74, 6) is -1.82. The molecule has 0 aliphatic carbocycles. The number of hydrogen-bond acceptors (Lipinski definition) is 5. The summed E-state index contributed by atoms with van der Waals surface area (Å²) in [7, 11) is 0. The molecule has 1 N–H and O–H groups in total. The number of para-hydroxylation sites is 1. The molecule has 0 aliphatic heterocycles. The smallest absolute Gasteiger partial charge is 0.345 e. The topological polar surface area (TPSA) is 98.5 Å². The summed E-state index contributed by atoms with van der Waals surface area (Å²) >= 11 is 0. The van der Waals surface area contributed by atoms with Crippen molar-refractivity contribution in [2.24, 2.45) is 0 Å². The quantitative estimate of drug-likeness (QED) is 0.471. The van der Waals surface area contributed by atoms with Crippen LogP contribution in [0.2, 0.25) is 0 Å². The monoisotopic (exact) mass is 346 g/mol. The average molecular weight is 346 g/mol. The predicted molar refractivity (Wildman–Crippen MR) is 86.5 cm³/mol. The van der Waals surface area contributed by atoms with Gasteiger partial charge in [0.25, 0.3) is 11.6 Å². The largest absolute Gasteiger partial charge is 0.452 e. The number of halogens is 1. The number of nitrogens with one attached hydrogen (secondary N) is 1. The van der Waals surface area contributed by atoms with E-state index < -0.39 is 23.4 Å². The van der Waals surface area contributed by atoms with Gasteiger partial charge >= 0.3 is 5.97 Å². The van der Waals surface area contributed by atoms with Crippen molar-refractivity contribution < 1.29 is 23.6 Å². The zero-order chi connectivity index (χ0) is 18.2. The van der Waals surface area contributed by atoms with Crippen LogP contribution in [0.3, 0.4) is 0 Å². The normalized spacial score (nSPS) is 10.1. The van der Waals surface area contributed by atoms with E-state index in [0.717, 1.165) is 5.56 Å². The zero-order valence-electron chi connectivity index (χ0n) is 13.1. The first-order valence-corrected chi connectivity index (χ1v) is 7.39. The fraction of sp³-hybridized carbons (Fsp3) is 0.176. The Hall–Kier alpha value is -3.29. The first-order valence-electron chi connectivity index (χ1n) is 7.39. The molecule has 0 unspecified atom stereocenters. The van der Waals surface area contributed by atoms with Gasteiger partial charge in [0.05, 0.1) is 4.92 Å². The maximum Gasteiger partial charge on any atom is 0.345 e. The lowest BCUT2D eigenvalue weighted by molar-refractivity contribution is -0.385. The third-order valence-electron chi connectivity index (χ3n) is 3.30. The number of nitrogens with zero attached hydrogens (tertiary/aromatic N) is 1. The fourth-order valence-corrected chi connectivity index (χ4v) is 2.06. The first-order chi connectivity index (χ1) is 12.0. The standard InChI is InChI=1S/C17H15FN2O5/c18-13-7-5-12(6-8-13)9-10-19-16(21)11-25-17(22)14-3-1-2-4-15(14)20(23)24/h1-8H,9-11H2,(H,19,21). The van der Waals surface area contributed by atoms with Gasteiger partial charge < -0.3 is 10.1 Å². The summed E-state index contributed by atoms with van der Waals surface area (Å²) in [6.45, 7) is -0.262. The van der Waals surface area contributed by atoms with Gasteiger partial charge in [0.2, 0.25) is 0 Å². The molecule has 2 aromatic carbocycles. The summed E-state index contributed by atoms with van der Waals surface area (Å²) < 4.78 is 17.6. The molecule has 130 valence electrons. The molecule has 0 fully saturated rings. The van der Waals surface area contributed by atoms with E-state index in [1.807, 2.05) is 0 Å². The third-order valence-corrected chi connectivity index (χ3v) is 3.30. The molecule has 0 aromatic heterocycles. The Kier molecular flexibility index (Phi) is 6.16. The van der Waals surface area contributed by atoms with Crippen molar-refractivity contribution in [3.63, 3.8) is 0 Å². The lowest BCUT2D eigenvalue weighted by Crippen LogP contribution is -2.30.